The van der Waals surface area contributed by atoms with Gasteiger partial charge in [-0.15, -0.1) is 0 Å². The van der Waals surface area contributed by atoms with Crippen LogP contribution < -0.4 is 5.32 Å². The predicted molar refractivity (Wildman–Crippen MR) is 73.4 cm³/mol. The Morgan fingerprint density at radius 1 is 1.41 bits per heavy atom. The Kier molecular flexibility index (Phi) is 6.60. The molecule has 4 heteroatoms. The van der Waals surface area contributed by atoms with Crippen molar-refractivity contribution in [3.63, 3.8) is 0 Å². The predicted octanol–water partition coefficient (Wildman–Crippen LogP) is 3.54. The van der Waals surface area contributed by atoms with E-state index in [2.05, 4.69) is 36.1 Å². The molecule has 1 unspecified atom stereocenters. The SMILES string of the molecule is CCCCc1nc(Cl)c(CNCC(C)CC)[nH]1. The van der Waals surface area contributed by atoms with Gasteiger partial charge in [-0.3, -0.25) is 0 Å². The van der Waals surface area contributed by atoms with Crippen LogP contribution >= 0.6 is 11.6 Å². The van der Waals surface area contributed by atoms with E-state index in [1.165, 1.54) is 12.8 Å². The third-order valence-electron chi connectivity index (χ3n) is 3.04. The van der Waals surface area contributed by atoms with E-state index in [-0.39, 0.29) is 0 Å². The Balaban J connectivity index is 2.39. The van der Waals surface area contributed by atoms with Crippen LogP contribution in [0.1, 0.15) is 51.6 Å². The first kappa shape index (κ1) is 14.5. The Morgan fingerprint density at radius 3 is 2.82 bits per heavy atom. The second kappa shape index (κ2) is 7.72. The lowest BCUT2D eigenvalue weighted by molar-refractivity contribution is 0.497. The summed E-state index contributed by atoms with van der Waals surface area (Å²) in [6.07, 6.45) is 4.52. The van der Waals surface area contributed by atoms with Crippen molar-refractivity contribution in [2.45, 2.75) is 53.0 Å². The average molecular weight is 258 g/mol. The summed E-state index contributed by atoms with van der Waals surface area (Å²) >= 11 is 6.09. The number of nitrogens with zero attached hydrogens (tertiary/aromatic N) is 1. The van der Waals surface area contributed by atoms with Gasteiger partial charge in [0.1, 0.15) is 5.82 Å². The van der Waals surface area contributed by atoms with Gasteiger partial charge in [0.05, 0.1) is 5.69 Å². The van der Waals surface area contributed by atoms with Gasteiger partial charge in [-0.2, -0.15) is 0 Å². The van der Waals surface area contributed by atoms with Crippen LogP contribution in [0.25, 0.3) is 0 Å². The van der Waals surface area contributed by atoms with E-state index in [9.17, 15) is 0 Å². The quantitative estimate of drug-likeness (QED) is 0.748. The molecule has 1 atom stereocenters. The highest BCUT2D eigenvalue weighted by molar-refractivity contribution is 6.30. The minimum absolute atomic E-state index is 0.618. The molecule has 0 radical (unpaired) electrons. The van der Waals surface area contributed by atoms with Crippen LogP contribution in [0, 0.1) is 5.92 Å². The summed E-state index contributed by atoms with van der Waals surface area (Å²) < 4.78 is 0. The fourth-order valence-electron chi connectivity index (χ4n) is 1.61. The maximum Gasteiger partial charge on any atom is 0.151 e. The first-order chi connectivity index (χ1) is 8.17. The molecule has 0 aliphatic rings. The van der Waals surface area contributed by atoms with Crippen molar-refractivity contribution in [2.75, 3.05) is 6.54 Å². The van der Waals surface area contributed by atoms with Crippen molar-refractivity contribution >= 4 is 11.6 Å². The van der Waals surface area contributed by atoms with Gasteiger partial charge in [-0.25, -0.2) is 4.98 Å². The van der Waals surface area contributed by atoms with Crippen LogP contribution in [0.3, 0.4) is 0 Å². The van der Waals surface area contributed by atoms with Gasteiger partial charge in [0.15, 0.2) is 5.15 Å². The van der Waals surface area contributed by atoms with Crippen molar-refractivity contribution in [3.8, 4) is 0 Å². The molecule has 2 N–H and O–H groups in total. The van der Waals surface area contributed by atoms with Crippen LogP contribution in [-0.2, 0) is 13.0 Å². The van der Waals surface area contributed by atoms with E-state index in [1.54, 1.807) is 0 Å². The number of nitrogens with one attached hydrogen (secondary N) is 2. The maximum atomic E-state index is 6.09. The van der Waals surface area contributed by atoms with Crippen LogP contribution in [0.15, 0.2) is 0 Å². The largest absolute Gasteiger partial charge is 0.344 e. The lowest BCUT2D eigenvalue weighted by Crippen LogP contribution is -2.20. The van der Waals surface area contributed by atoms with E-state index in [0.29, 0.717) is 11.1 Å². The van der Waals surface area contributed by atoms with Crippen LogP contribution in [0.2, 0.25) is 5.15 Å². The highest BCUT2D eigenvalue weighted by Crippen LogP contribution is 2.14. The Morgan fingerprint density at radius 2 is 2.18 bits per heavy atom. The molecule has 0 aromatic carbocycles. The molecular weight excluding hydrogens is 234 g/mol. The van der Waals surface area contributed by atoms with Crippen molar-refractivity contribution in [2.24, 2.45) is 5.92 Å². The molecule has 0 bridgehead atoms. The number of aromatic nitrogens is 2. The number of halogens is 1. The molecule has 0 saturated carbocycles. The van der Waals surface area contributed by atoms with E-state index >= 15 is 0 Å². The summed E-state index contributed by atoms with van der Waals surface area (Å²) in [6.45, 7) is 8.43. The van der Waals surface area contributed by atoms with E-state index in [1.807, 2.05) is 0 Å². The van der Waals surface area contributed by atoms with Crippen molar-refractivity contribution in [1.29, 1.82) is 0 Å². The molecule has 1 rings (SSSR count). The minimum Gasteiger partial charge on any atom is -0.344 e. The summed E-state index contributed by atoms with van der Waals surface area (Å²) in [6, 6.07) is 0. The lowest BCUT2D eigenvalue weighted by Gasteiger charge is -2.08. The summed E-state index contributed by atoms with van der Waals surface area (Å²) in [5.41, 5.74) is 1.01. The second-order valence-corrected chi connectivity index (χ2v) is 5.06. The zero-order chi connectivity index (χ0) is 12.7. The normalized spacial score (nSPS) is 12.9. The van der Waals surface area contributed by atoms with Crippen LogP contribution in [0.5, 0.6) is 0 Å². The number of aromatic amines is 1. The molecule has 1 aromatic heterocycles. The standard InChI is InChI=1S/C13H24ClN3/c1-4-6-7-12-16-11(13(14)17-12)9-15-8-10(3)5-2/h10,15H,4-9H2,1-3H3,(H,16,17). The smallest absolute Gasteiger partial charge is 0.151 e. The number of unbranched alkanes of at least 4 members (excludes halogenated alkanes) is 1. The second-order valence-electron chi connectivity index (χ2n) is 4.70. The fraction of sp³-hybridized carbons (Fsp3) is 0.769. The van der Waals surface area contributed by atoms with Crippen molar-refractivity contribution < 1.29 is 0 Å². The first-order valence-electron chi connectivity index (χ1n) is 6.61. The van der Waals surface area contributed by atoms with Gasteiger partial charge in [0.25, 0.3) is 0 Å². The molecule has 3 nitrogen and oxygen atoms in total. The Bertz CT molecular complexity index is 322. The third-order valence-corrected chi connectivity index (χ3v) is 3.35. The molecule has 1 heterocycles. The summed E-state index contributed by atoms with van der Waals surface area (Å²) in [5.74, 6) is 1.72. The first-order valence-corrected chi connectivity index (χ1v) is 6.99. The number of imidazole rings is 1. The van der Waals surface area contributed by atoms with Gasteiger partial charge in [-0.05, 0) is 18.9 Å². The van der Waals surface area contributed by atoms with Crippen LogP contribution in [0.4, 0.5) is 0 Å². The average Bonchev–Trinajstić information content (AvgIpc) is 2.67. The van der Waals surface area contributed by atoms with Gasteiger partial charge >= 0.3 is 0 Å². The zero-order valence-electron chi connectivity index (χ0n) is 11.1. The fourth-order valence-corrected chi connectivity index (χ4v) is 1.82. The summed E-state index contributed by atoms with van der Waals surface area (Å²) in [5, 5.41) is 4.03. The molecule has 0 spiro atoms. The number of H-pyrrole nitrogens is 1. The third kappa shape index (κ3) is 5.09. The minimum atomic E-state index is 0.618. The maximum absolute atomic E-state index is 6.09. The number of hydrogen-bond donors (Lipinski definition) is 2. The van der Waals surface area contributed by atoms with E-state index in [0.717, 1.165) is 37.4 Å². The van der Waals surface area contributed by atoms with Crippen LogP contribution in [-0.4, -0.2) is 16.5 Å². The number of rotatable bonds is 8. The zero-order valence-corrected chi connectivity index (χ0v) is 11.9. The van der Waals surface area contributed by atoms with Crippen molar-refractivity contribution in [1.82, 2.24) is 15.3 Å². The van der Waals surface area contributed by atoms with Gasteiger partial charge < -0.3 is 10.3 Å². The molecular formula is C13H24ClN3. The van der Waals surface area contributed by atoms with Gasteiger partial charge in [0.2, 0.25) is 0 Å². The van der Waals surface area contributed by atoms with E-state index in [4.69, 9.17) is 11.6 Å². The Hall–Kier alpha value is -0.540. The highest BCUT2D eigenvalue weighted by Gasteiger charge is 2.07. The summed E-state index contributed by atoms with van der Waals surface area (Å²) in [4.78, 5) is 7.64. The highest BCUT2D eigenvalue weighted by atomic mass is 35.5. The monoisotopic (exact) mass is 257 g/mol. The Labute approximate surface area is 109 Å². The van der Waals surface area contributed by atoms with Gasteiger partial charge in [0, 0.05) is 13.0 Å². The van der Waals surface area contributed by atoms with E-state index < -0.39 is 0 Å². The number of aryl methyl sites for hydroxylation is 1. The molecule has 0 fully saturated rings. The molecule has 0 amide bonds. The molecule has 0 saturated heterocycles. The van der Waals surface area contributed by atoms with Gasteiger partial charge in [-0.1, -0.05) is 45.2 Å². The summed E-state index contributed by atoms with van der Waals surface area (Å²) in [7, 11) is 0. The topological polar surface area (TPSA) is 40.7 Å². The molecule has 0 aliphatic carbocycles. The van der Waals surface area contributed by atoms with Crippen molar-refractivity contribution in [3.05, 3.63) is 16.7 Å². The molecule has 0 aliphatic heterocycles. The molecule has 1 aromatic rings. The number of hydrogen-bond acceptors (Lipinski definition) is 2. The molecule has 17 heavy (non-hydrogen) atoms. The molecule has 98 valence electrons. The lowest BCUT2D eigenvalue weighted by atomic mass is 10.1.